The van der Waals surface area contributed by atoms with Crippen molar-refractivity contribution in [3.05, 3.63) is 60.6 Å². The monoisotopic (exact) mass is 295 g/mol. The summed E-state index contributed by atoms with van der Waals surface area (Å²) in [5.74, 6) is 0.603. The summed E-state index contributed by atoms with van der Waals surface area (Å²) in [5.41, 5.74) is 2.00. The van der Waals surface area contributed by atoms with Gasteiger partial charge in [-0.25, -0.2) is 4.98 Å². The molecule has 1 aromatic carbocycles. The minimum atomic E-state index is -0.180. The van der Waals surface area contributed by atoms with Crippen molar-refractivity contribution in [2.45, 2.75) is 20.0 Å². The molecule has 0 atom stereocenters. The van der Waals surface area contributed by atoms with E-state index in [1.54, 1.807) is 22.9 Å². The third-order valence-electron chi connectivity index (χ3n) is 3.14. The summed E-state index contributed by atoms with van der Waals surface area (Å²) in [7, 11) is 0. The summed E-state index contributed by atoms with van der Waals surface area (Å²) < 4.78 is 7.34. The van der Waals surface area contributed by atoms with Gasteiger partial charge >= 0.3 is 0 Å². The van der Waals surface area contributed by atoms with E-state index in [2.05, 4.69) is 10.3 Å². The Kier molecular flexibility index (Phi) is 3.78. The van der Waals surface area contributed by atoms with Gasteiger partial charge in [0, 0.05) is 18.1 Å². The highest BCUT2D eigenvalue weighted by Gasteiger charge is 2.10. The highest BCUT2D eigenvalue weighted by molar-refractivity contribution is 6.03. The molecule has 3 aromatic rings. The van der Waals surface area contributed by atoms with Crippen LogP contribution in [0, 0.1) is 0 Å². The molecule has 0 aliphatic heterocycles. The molecule has 112 valence electrons. The zero-order valence-electron chi connectivity index (χ0n) is 12.5. The van der Waals surface area contributed by atoms with Gasteiger partial charge in [-0.1, -0.05) is 6.07 Å². The number of hydrogen-bond donors (Lipinski definition) is 1. The smallest absolute Gasteiger partial charge is 0.272 e. The Bertz CT molecular complexity index is 791. The third kappa shape index (κ3) is 2.93. The van der Waals surface area contributed by atoms with E-state index in [1.165, 1.54) is 0 Å². The zero-order chi connectivity index (χ0) is 15.5. The summed E-state index contributed by atoms with van der Waals surface area (Å²) >= 11 is 0. The maximum Gasteiger partial charge on any atom is 0.272 e. The first kappa shape index (κ1) is 14.1. The summed E-state index contributed by atoms with van der Waals surface area (Å²) in [6.07, 6.45) is 3.56. The van der Waals surface area contributed by atoms with Crippen LogP contribution >= 0.6 is 0 Å². The number of nitrogens with zero attached hydrogens (tertiary/aromatic N) is 2. The van der Waals surface area contributed by atoms with Crippen molar-refractivity contribution in [3.63, 3.8) is 0 Å². The largest absolute Gasteiger partial charge is 0.491 e. The van der Waals surface area contributed by atoms with E-state index < -0.39 is 0 Å². The standard InChI is InChI=1S/C17H17N3O2/c1-12(2)22-14-8-6-13(7-9-14)19-17(21)15-4-3-5-16-18-10-11-20(15)16/h3-12H,1-2H3,(H,19,21). The molecule has 1 amide bonds. The van der Waals surface area contributed by atoms with Crippen LogP contribution in [0.4, 0.5) is 5.69 Å². The van der Waals surface area contributed by atoms with Crippen LogP contribution in [-0.4, -0.2) is 21.4 Å². The first-order chi connectivity index (χ1) is 10.6. The van der Waals surface area contributed by atoms with Crippen molar-refractivity contribution in [1.82, 2.24) is 9.38 Å². The Morgan fingerprint density at radius 1 is 1.18 bits per heavy atom. The van der Waals surface area contributed by atoms with Crippen molar-refractivity contribution in [2.24, 2.45) is 0 Å². The van der Waals surface area contributed by atoms with E-state index >= 15 is 0 Å². The van der Waals surface area contributed by atoms with Gasteiger partial charge in [0.1, 0.15) is 17.1 Å². The number of benzene rings is 1. The van der Waals surface area contributed by atoms with Crippen molar-refractivity contribution in [2.75, 3.05) is 5.32 Å². The molecule has 5 nitrogen and oxygen atoms in total. The van der Waals surface area contributed by atoms with Crippen LogP contribution in [0.3, 0.4) is 0 Å². The van der Waals surface area contributed by atoms with E-state index in [9.17, 15) is 4.79 Å². The summed E-state index contributed by atoms with van der Waals surface area (Å²) in [6, 6.07) is 12.8. The second-order valence-electron chi connectivity index (χ2n) is 5.21. The molecular weight excluding hydrogens is 278 g/mol. The average molecular weight is 295 g/mol. The topological polar surface area (TPSA) is 55.6 Å². The number of rotatable bonds is 4. The van der Waals surface area contributed by atoms with Crippen molar-refractivity contribution < 1.29 is 9.53 Å². The molecule has 0 aliphatic carbocycles. The number of amides is 1. The van der Waals surface area contributed by atoms with Crippen LogP contribution in [0.15, 0.2) is 54.9 Å². The molecule has 0 saturated heterocycles. The van der Waals surface area contributed by atoms with E-state index in [1.807, 2.05) is 50.2 Å². The number of ether oxygens (including phenoxy) is 1. The molecule has 0 bridgehead atoms. The summed E-state index contributed by atoms with van der Waals surface area (Å²) in [4.78, 5) is 16.6. The first-order valence-corrected chi connectivity index (χ1v) is 7.13. The maximum atomic E-state index is 12.4. The van der Waals surface area contributed by atoms with Gasteiger partial charge in [0.15, 0.2) is 0 Å². The molecule has 0 aliphatic rings. The van der Waals surface area contributed by atoms with Gasteiger partial charge in [-0.2, -0.15) is 0 Å². The Balaban J connectivity index is 1.78. The Labute approximate surface area is 128 Å². The minimum absolute atomic E-state index is 0.124. The van der Waals surface area contributed by atoms with Gasteiger partial charge in [-0.05, 0) is 50.2 Å². The Morgan fingerprint density at radius 2 is 1.95 bits per heavy atom. The molecule has 2 aromatic heterocycles. The van der Waals surface area contributed by atoms with Crippen LogP contribution in [0.1, 0.15) is 24.3 Å². The molecule has 3 rings (SSSR count). The van der Waals surface area contributed by atoms with Crippen LogP contribution in [-0.2, 0) is 0 Å². The predicted molar refractivity (Wildman–Crippen MR) is 85.4 cm³/mol. The molecular formula is C17H17N3O2. The molecule has 0 unspecified atom stereocenters. The van der Waals surface area contributed by atoms with Crippen LogP contribution in [0.25, 0.3) is 5.65 Å². The van der Waals surface area contributed by atoms with Crippen molar-refractivity contribution in [1.29, 1.82) is 0 Å². The maximum absolute atomic E-state index is 12.4. The predicted octanol–water partition coefficient (Wildman–Crippen LogP) is 3.37. The quantitative estimate of drug-likeness (QED) is 0.803. The first-order valence-electron chi connectivity index (χ1n) is 7.13. The summed E-state index contributed by atoms with van der Waals surface area (Å²) in [6.45, 7) is 3.95. The number of pyridine rings is 1. The second-order valence-corrected chi connectivity index (χ2v) is 5.21. The lowest BCUT2D eigenvalue weighted by Crippen LogP contribution is -2.15. The van der Waals surface area contributed by atoms with Crippen molar-refractivity contribution >= 4 is 17.2 Å². The average Bonchev–Trinajstić information content (AvgIpc) is 2.97. The SMILES string of the molecule is CC(C)Oc1ccc(NC(=O)c2cccc3nccn23)cc1. The molecule has 2 heterocycles. The minimum Gasteiger partial charge on any atom is -0.491 e. The number of aromatic nitrogens is 2. The number of imidazole rings is 1. The Hall–Kier alpha value is -2.82. The van der Waals surface area contributed by atoms with Gasteiger partial charge in [-0.3, -0.25) is 9.20 Å². The third-order valence-corrected chi connectivity index (χ3v) is 3.14. The van der Waals surface area contributed by atoms with Gasteiger partial charge in [0.2, 0.25) is 0 Å². The molecule has 22 heavy (non-hydrogen) atoms. The molecule has 0 spiro atoms. The lowest BCUT2D eigenvalue weighted by molar-refractivity contribution is 0.102. The normalized spacial score (nSPS) is 10.9. The van der Waals surface area contributed by atoms with Gasteiger partial charge in [0.25, 0.3) is 5.91 Å². The van der Waals surface area contributed by atoms with Gasteiger partial charge < -0.3 is 10.1 Å². The van der Waals surface area contributed by atoms with Crippen LogP contribution < -0.4 is 10.1 Å². The number of fused-ring (bicyclic) bond motifs is 1. The lowest BCUT2D eigenvalue weighted by atomic mass is 10.2. The second kappa shape index (κ2) is 5.89. The van der Waals surface area contributed by atoms with Crippen LogP contribution in [0.5, 0.6) is 5.75 Å². The van der Waals surface area contributed by atoms with E-state index in [-0.39, 0.29) is 12.0 Å². The molecule has 0 fully saturated rings. The Morgan fingerprint density at radius 3 is 2.68 bits per heavy atom. The number of nitrogens with one attached hydrogen (secondary N) is 1. The van der Waals surface area contributed by atoms with Crippen molar-refractivity contribution in [3.8, 4) is 5.75 Å². The fourth-order valence-corrected chi connectivity index (χ4v) is 2.22. The fraction of sp³-hybridized carbons (Fsp3) is 0.176. The lowest BCUT2D eigenvalue weighted by Gasteiger charge is -2.11. The number of carbonyl (C=O) groups excluding carboxylic acids is 1. The highest BCUT2D eigenvalue weighted by atomic mass is 16.5. The molecule has 5 heteroatoms. The summed E-state index contributed by atoms with van der Waals surface area (Å²) in [5, 5.41) is 2.88. The van der Waals surface area contributed by atoms with Gasteiger partial charge in [-0.15, -0.1) is 0 Å². The molecule has 0 saturated carbocycles. The number of carbonyl (C=O) groups is 1. The number of hydrogen-bond acceptors (Lipinski definition) is 3. The van der Waals surface area contributed by atoms with E-state index in [0.29, 0.717) is 5.69 Å². The van der Waals surface area contributed by atoms with E-state index in [0.717, 1.165) is 17.1 Å². The molecule has 1 N–H and O–H groups in total. The van der Waals surface area contributed by atoms with Crippen LogP contribution in [0.2, 0.25) is 0 Å². The van der Waals surface area contributed by atoms with E-state index in [4.69, 9.17) is 4.74 Å². The zero-order valence-corrected chi connectivity index (χ0v) is 12.5. The van der Waals surface area contributed by atoms with Gasteiger partial charge in [0.05, 0.1) is 6.10 Å². The molecule has 0 radical (unpaired) electrons. The number of anilines is 1. The fourth-order valence-electron chi connectivity index (χ4n) is 2.22. The highest BCUT2D eigenvalue weighted by Crippen LogP contribution is 2.18.